The largest absolute Gasteiger partial charge is 0.494 e. The Labute approximate surface area is 140 Å². The topological polar surface area (TPSA) is 43.4 Å². The van der Waals surface area contributed by atoms with Gasteiger partial charge < -0.3 is 4.74 Å². The van der Waals surface area contributed by atoms with Crippen molar-refractivity contribution in [1.29, 1.82) is 0 Å². The average molecular weight is 354 g/mol. The number of rotatable bonds is 8. The second-order valence-corrected chi connectivity index (χ2v) is 8.16. The van der Waals surface area contributed by atoms with E-state index in [2.05, 4.69) is 0 Å². The molecule has 6 heteroatoms. The van der Waals surface area contributed by atoms with E-state index < -0.39 is 15.7 Å². The maximum Gasteiger partial charge on any atom is 0.178 e. The quantitative estimate of drug-likeness (QED) is 0.405. The molecule has 0 aliphatic carbocycles. The molecule has 3 nitrogen and oxygen atoms in total. The monoisotopic (exact) mass is 354 g/mol. The van der Waals surface area contributed by atoms with Gasteiger partial charge >= 0.3 is 0 Å². The molecule has 0 unspecified atom stereocenters. The molecule has 0 fully saturated rings. The highest BCUT2D eigenvalue weighted by Crippen LogP contribution is 2.23. The van der Waals surface area contributed by atoms with Crippen LogP contribution in [0.3, 0.4) is 0 Å². The summed E-state index contributed by atoms with van der Waals surface area (Å²) >= 11 is 1.61. The summed E-state index contributed by atoms with van der Waals surface area (Å²) in [5.41, 5.74) is 0. The molecule has 0 N–H and O–H groups in total. The van der Waals surface area contributed by atoms with Crippen LogP contribution >= 0.6 is 11.8 Å². The SMILES string of the molecule is CCOc1ccc(SCCCS(=O)(=O)c2ccc(F)cc2)cc1. The molecule has 0 aliphatic rings. The van der Waals surface area contributed by atoms with Gasteiger partial charge in [0.2, 0.25) is 0 Å². The fourth-order valence-corrected chi connectivity index (χ4v) is 4.34. The Balaban J connectivity index is 1.81. The van der Waals surface area contributed by atoms with Crippen molar-refractivity contribution >= 4 is 21.6 Å². The maximum atomic E-state index is 12.8. The van der Waals surface area contributed by atoms with Crippen LogP contribution < -0.4 is 4.74 Å². The third-order valence-corrected chi connectivity index (χ3v) is 6.05. The van der Waals surface area contributed by atoms with E-state index in [0.717, 1.165) is 10.6 Å². The molecule has 0 spiro atoms. The summed E-state index contributed by atoms with van der Waals surface area (Å²) in [6.07, 6.45) is 0.539. The summed E-state index contributed by atoms with van der Waals surface area (Å²) < 4.78 is 42.5. The van der Waals surface area contributed by atoms with E-state index in [9.17, 15) is 12.8 Å². The lowest BCUT2D eigenvalue weighted by atomic mass is 10.3. The van der Waals surface area contributed by atoms with Crippen molar-refractivity contribution in [3.05, 3.63) is 54.3 Å². The van der Waals surface area contributed by atoms with Gasteiger partial charge in [-0.15, -0.1) is 11.8 Å². The summed E-state index contributed by atoms with van der Waals surface area (Å²) in [6, 6.07) is 12.7. The number of thioether (sulfide) groups is 1. The zero-order valence-corrected chi connectivity index (χ0v) is 14.5. The van der Waals surface area contributed by atoms with Crippen molar-refractivity contribution in [2.24, 2.45) is 0 Å². The number of sulfone groups is 1. The third kappa shape index (κ3) is 5.55. The zero-order chi connectivity index (χ0) is 16.7. The van der Waals surface area contributed by atoms with E-state index in [1.807, 2.05) is 31.2 Å². The van der Waals surface area contributed by atoms with Gasteiger partial charge in [0, 0.05) is 4.90 Å². The number of halogens is 1. The van der Waals surface area contributed by atoms with E-state index in [1.54, 1.807) is 11.8 Å². The Kier molecular flexibility index (Phi) is 6.47. The van der Waals surface area contributed by atoms with Gasteiger partial charge in [0.15, 0.2) is 9.84 Å². The molecule has 0 aliphatic heterocycles. The first-order valence-corrected chi connectivity index (χ1v) is 9.99. The standard InChI is InChI=1S/C17H19FO3S2/c1-2-21-15-6-8-16(9-7-15)22-12-3-13-23(19,20)17-10-4-14(18)5-11-17/h4-11H,2-3,12-13H2,1H3. The third-order valence-electron chi connectivity index (χ3n) is 3.13. The van der Waals surface area contributed by atoms with Crippen molar-refractivity contribution in [3.63, 3.8) is 0 Å². The van der Waals surface area contributed by atoms with E-state index >= 15 is 0 Å². The number of ether oxygens (including phenoxy) is 1. The van der Waals surface area contributed by atoms with Crippen LogP contribution in [0.25, 0.3) is 0 Å². The molecule has 0 heterocycles. The Hall–Kier alpha value is -1.53. The lowest BCUT2D eigenvalue weighted by Crippen LogP contribution is -2.07. The van der Waals surface area contributed by atoms with Crippen LogP contribution in [0, 0.1) is 5.82 Å². The van der Waals surface area contributed by atoms with E-state index in [-0.39, 0.29) is 10.6 Å². The highest BCUT2D eigenvalue weighted by Gasteiger charge is 2.13. The van der Waals surface area contributed by atoms with Gasteiger partial charge in [0.1, 0.15) is 11.6 Å². The molecule has 124 valence electrons. The van der Waals surface area contributed by atoms with Crippen LogP contribution in [0.15, 0.2) is 58.3 Å². The van der Waals surface area contributed by atoms with Crippen LogP contribution in [0.2, 0.25) is 0 Å². The molecule has 2 aromatic rings. The highest BCUT2D eigenvalue weighted by molar-refractivity contribution is 7.99. The van der Waals surface area contributed by atoms with E-state index in [4.69, 9.17) is 4.74 Å². The van der Waals surface area contributed by atoms with Crippen LogP contribution in [-0.4, -0.2) is 26.5 Å². The van der Waals surface area contributed by atoms with Crippen LogP contribution in [0.4, 0.5) is 4.39 Å². The highest BCUT2D eigenvalue weighted by atomic mass is 32.2. The van der Waals surface area contributed by atoms with Crippen LogP contribution in [0.1, 0.15) is 13.3 Å². The van der Waals surface area contributed by atoms with Gasteiger partial charge in [-0.2, -0.15) is 0 Å². The Morgan fingerprint density at radius 2 is 1.70 bits per heavy atom. The van der Waals surface area contributed by atoms with Crippen molar-refractivity contribution in [3.8, 4) is 5.75 Å². The Morgan fingerprint density at radius 1 is 1.04 bits per heavy atom. The molecule has 0 saturated carbocycles. The van der Waals surface area contributed by atoms with Crippen molar-refractivity contribution in [2.75, 3.05) is 18.1 Å². The number of hydrogen-bond acceptors (Lipinski definition) is 4. The minimum atomic E-state index is -3.35. The molecule has 0 atom stereocenters. The zero-order valence-electron chi connectivity index (χ0n) is 12.9. The molecule has 0 bridgehead atoms. The first-order chi connectivity index (χ1) is 11.0. The molecule has 0 radical (unpaired) electrons. The summed E-state index contributed by atoms with van der Waals surface area (Å²) in [5.74, 6) is 1.16. The minimum absolute atomic E-state index is 0.0582. The molecule has 0 amide bonds. The van der Waals surface area contributed by atoms with Crippen LogP contribution in [0.5, 0.6) is 5.75 Å². The van der Waals surface area contributed by atoms with Crippen molar-refractivity contribution in [2.45, 2.75) is 23.1 Å². The lowest BCUT2D eigenvalue weighted by Gasteiger charge is -2.06. The van der Waals surface area contributed by atoms with Gasteiger partial charge in [-0.05, 0) is 67.6 Å². The lowest BCUT2D eigenvalue weighted by molar-refractivity contribution is 0.340. The molecule has 0 aromatic heterocycles. The summed E-state index contributed by atoms with van der Waals surface area (Å²) in [6.45, 7) is 2.57. The van der Waals surface area contributed by atoms with Crippen LogP contribution in [-0.2, 0) is 9.84 Å². The summed E-state index contributed by atoms with van der Waals surface area (Å²) in [4.78, 5) is 1.25. The van der Waals surface area contributed by atoms with Crippen molar-refractivity contribution in [1.82, 2.24) is 0 Å². The van der Waals surface area contributed by atoms with Gasteiger partial charge in [0.05, 0.1) is 17.3 Å². The fraction of sp³-hybridized carbons (Fsp3) is 0.294. The second-order valence-electron chi connectivity index (χ2n) is 4.88. The number of hydrogen-bond donors (Lipinski definition) is 0. The fourth-order valence-electron chi connectivity index (χ4n) is 2.00. The van der Waals surface area contributed by atoms with Gasteiger partial charge in [-0.3, -0.25) is 0 Å². The summed E-state index contributed by atoms with van der Waals surface area (Å²) in [5, 5.41) is 0. The maximum absolute atomic E-state index is 12.8. The smallest absolute Gasteiger partial charge is 0.178 e. The van der Waals surface area contributed by atoms with Crippen molar-refractivity contribution < 1.29 is 17.5 Å². The molecule has 23 heavy (non-hydrogen) atoms. The molecular formula is C17H19FO3S2. The normalized spacial score (nSPS) is 11.4. The predicted octanol–water partition coefficient (Wildman–Crippen LogP) is 4.18. The summed E-state index contributed by atoms with van der Waals surface area (Å²) in [7, 11) is -3.35. The predicted molar refractivity (Wildman–Crippen MR) is 91.4 cm³/mol. The minimum Gasteiger partial charge on any atom is -0.494 e. The molecule has 2 rings (SSSR count). The molecule has 2 aromatic carbocycles. The van der Waals surface area contributed by atoms with Gasteiger partial charge in [-0.1, -0.05) is 0 Å². The Morgan fingerprint density at radius 3 is 2.30 bits per heavy atom. The first-order valence-electron chi connectivity index (χ1n) is 7.35. The molecular weight excluding hydrogens is 335 g/mol. The average Bonchev–Trinajstić information content (AvgIpc) is 2.54. The first kappa shape index (κ1) is 17.8. The second kappa shape index (κ2) is 8.36. The van der Waals surface area contributed by atoms with Gasteiger partial charge in [0.25, 0.3) is 0 Å². The van der Waals surface area contributed by atoms with E-state index in [0.29, 0.717) is 18.8 Å². The molecule has 0 saturated heterocycles. The van der Waals surface area contributed by atoms with Gasteiger partial charge in [-0.25, -0.2) is 12.8 Å². The number of benzene rings is 2. The Bertz CT molecular complexity index is 711. The van der Waals surface area contributed by atoms with E-state index in [1.165, 1.54) is 24.3 Å².